The quantitative estimate of drug-likeness (QED) is 0.746. The zero-order valence-corrected chi connectivity index (χ0v) is 11.6. The number of aliphatic hydroxyl groups excluding tert-OH is 1. The number of nitrogens with one attached hydrogen (secondary N) is 1. The largest absolute Gasteiger partial charge is 0.494 e. The molecular formula is C15H25NO2. The average Bonchev–Trinajstić information content (AvgIpc) is 2.42. The van der Waals surface area contributed by atoms with Crippen molar-refractivity contribution in [1.29, 1.82) is 0 Å². The van der Waals surface area contributed by atoms with Gasteiger partial charge in [-0.25, -0.2) is 0 Å². The topological polar surface area (TPSA) is 41.5 Å². The molecule has 1 aromatic rings. The van der Waals surface area contributed by atoms with Crippen LogP contribution in [0.15, 0.2) is 24.3 Å². The number of benzene rings is 1. The summed E-state index contributed by atoms with van der Waals surface area (Å²) in [6.45, 7) is 7.82. The van der Waals surface area contributed by atoms with Crippen LogP contribution in [0.25, 0.3) is 0 Å². The summed E-state index contributed by atoms with van der Waals surface area (Å²) in [7, 11) is 0. The first kappa shape index (κ1) is 15.0. The predicted molar refractivity (Wildman–Crippen MR) is 74.9 cm³/mol. The van der Waals surface area contributed by atoms with Crippen LogP contribution in [0.4, 0.5) is 0 Å². The second kappa shape index (κ2) is 8.11. The van der Waals surface area contributed by atoms with Crippen molar-refractivity contribution in [3.05, 3.63) is 29.8 Å². The summed E-state index contributed by atoms with van der Waals surface area (Å²) in [6, 6.07) is 7.84. The molecule has 2 unspecified atom stereocenters. The third kappa shape index (κ3) is 4.31. The van der Waals surface area contributed by atoms with Crippen molar-refractivity contribution in [2.45, 2.75) is 45.8 Å². The Bertz CT molecular complexity index is 324. The molecule has 102 valence electrons. The van der Waals surface area contributed by atoms with Gasteiger partial charge in [-0.05, 0) is 37.1 Å². The fourth-order valence-electron chi connectivity index (χ4n) is 1.95. The molecular weight excluding hydrogens is 226 g/mol. The summed E-state index contributed by atoms with van der Waals surface area (Å²) in [5.74, 6) is 0.865. The van der Waals surface area contributed by atoms with E-state index >= 15 is 0 Å². The van der Waals surface area contributed by atoms with Crippen molar-refractivity contribution >= 4 is 0 Å². The highest BCUT2D eigenvalue weighted by Gasteiger charge is 2.17. The van der Waals surface area contributed by atoms with Crippen LogP contribution in [0, 0.1) is 0 Å². The van der Waals surface area contributed by atoms with Crippen LogP contribution in [-0.2, 0) is 0 Å². The Hall–Kier alpha value is -1.06. The number of rotatable bonds is 8. The predicted octanol–water partition coefficient (Wildman–Crippen LogP) is 2.90. The van der Waals surface area contributed by atoms with Gasteiger partial charge in [0.05, 0.1) is 12.7 Å². The minimum Gasteiger partial charge on any atom is -0.494 e. The van der Waals surface area contributed by atoms with Gasteiger partial charge < -0.3 is 15.2 Å². The standard InChI is InChI=1S/C15H25NO2/c1-4-11-18-13-9-7-12(8-10-13)15(17)14(5-2)16-6-3/h7-10,14-17H,4-6,11H2,1-3H3. The highest BCUT2D eigenvalue weighted by Crippen LogP contribution is 2.21. The van der Waals surface area contributed by atoms with E-state index in [9.17, 15) is 5.11 Å². The minimum atomic E-state index is -0.463. The number of hydrogen-bond acceptors (Lipinski definition) is 3. The molecule has 0 aliphatic heterocycles. The van der Waals surface area contributed by atoms with E-state index in [0.717, 1.165) is 37.3 Å². The highest BCUT2D eigenvalue weighted by atomic mass is 16.5. The fraction of sp³-hybridized carbons (Fsp3) is 0.600. The third-order valence-corrected chi connectivity index (χ3v) is 2.98. The van der Waals surface area contributed by atoms with E-state index in [0.29, 0.717) is 0 Å². The molecule has 2 N–H and O–H groups in total. The molecule has 0 aromatic heterocycles. The van der Waals surface area contributed by atoms with Crippen molar-refractivity contribution in [2.75, 3.05) is 13.2 Å². The van der Waals surface area contributed by atoms with Gasteiger partial charge in [-0.15, -0.1) is 0 Å². The van der Waals surface area contributed by atoms with Crippen molar-refractivity contribution < 1.29 is 9.84 Å². The van der Waals surface area contributed by atoms with E-state index in [1.807, 2.05) is 24.3 Å². The smallest absolute Gasteiger partial charge is 0.119 e. The monoisotopic (exact) mass is 251 g/mol. The van der Waals surface area contributed by atoms with E-state index < -0.39 is 6.10 Å². The molecule has 1 aromatic carbocycles. The van der Waals surface area contributed by atoms with Crippen LogP contribution >= 0.6 is 0 Å². The molecule has 3 heteroatoms. The van der Waals surface area contributed by atoms with Gasteiger partial charge in [-0.3, -0.25) is 0 Å². The maximum atomic E-state index is 10.3. The Morgan fingerprint density at radius 1 is 1.17 bits per heavy atom. The number of ether oxygens (including phenoxy) is 1. The number of hydrogen-bond donors (Lipinski definition) is 2. The maximum absolute atomic E-state index is 10.3. The molecule has 18 heavy (non-hydrogen) atoms. The molecule has 0 spiro atoms. The Balaban J connectivity index is 2.65. The van der Waals surface area contributed by atoms with Gasteiger partial charge in [0.1, 0.15) is 5.75 Å². The lowest BCUT2D eigenvalue weighted by atomic mass is 10.0. The van der Waals surface area contributed by atoms with Crippen LogP contribution in [0.5, 0.6) is 5.75 Å². The van der Waals surface area contributed by atoms with Gasteiger partial charge in [0.25, 0.3) is 0 Å². The summed E-state index contributed by atoms with van der Waals surface area (Å²) >= 11 is 0. The van der Waals surface area contributed by atoms with Crippen molar-refractivity contribution in [1.82, 2.24) is 5.32 Å². The molecule has 0 aliphatic rings. The normalized spacial score (nSPS) is 14.2. The molecule has 0 aliphatic carbocycles. The maximum Gasteiger partial charge on any atom is 0.119 e. The lowest BCUT2D eigenvalue weighted by Crippen LogP contribution is -2.34. The van der Waals surface area contributed by atoms with Gasteiger partial charge >= 0.3 is 0 Å². The van der Waals surface area contributed by atoms with Gasteiger partial charge in [-0.1, -0.05) is 32.9 Å². The molecule has 0 radical (unpaired) electrons. The molecule has 3 nitrogen and oxygen atoms in total. The van der Waals surface area contributed by atoms with Crippen LogP contribution in [0.3, 0.4) is 0 Å². The first-order valence-electron chi connectivity index (χ1n) is 6.87. The Morgan fingerprint density at radius 2 is 1.83 bits per heavy atom. The first-order valence-corrected chi connectivity index (χ1v) is 6.87. The van der Waals surface area contributed by atoms with E-state index in [2.05, 4.69) is 26.1 Å². The zero-order valence-electron chi connectivity index (χ0n) is 11.6. The minimum absolute atomic E-state index is 0.109. The van der Waals surface area contributed by atoms with Crippen LogP contribution < -0.4 is 10.1 Å². The Kier molecular flexibility index (Phi) is 6.76. The molecule has 0 saturated carbocycles. The van der Waals surface area contributed by atoms with E-state index in [1.54, 1.807) is 0 Å². The van der Waals surface area contributed by atoms with Crippen molar-refractivity contribution in [3.63, 3.8) is 0 Å². The zero-order chi connectivity index (χ0) is 13.4. The van der Waals surface area contributed by atoms with Crippen molar-refractivity contribution in [3.8, 4) is 5.75 Å². The van der Waals surface area contributed by atoms with E-state index in [4.69, 9.17) is 4.74 Å². The number of aliphatic hydroxyl groups is 1. The van der Waals surface area contributed by atoms with E-state index in [1.165, 1.54) is 0 Å². The van der Waals surface area contributed by atoms with Crippen LogP contribution in [0.2, 0.25) is 0 Å². The van der Waals surface area contributed by atoms with Gasteiger partial charge in [0.15, 0.2) is 0 Å². The highest BCUT2D eigenvalue weighted by molar-refractivity contribution is 5.29. The fourth-order valence-corrected chi connectivity index (χ4v) is 1.95. The summed E-state index contributed by atoms with van der Waals surface area (Å²) in [5.41, 5.74) is 0.937. The van der Waals surface area contributed by atoms with Gasteiger partial charge in [0, 0.05) is 6.04 Å². The molecule has 0 saturated heterocycles. The lowest BCUT2D eigenvalue weighted by molar-refractivity contribution is 0.127. The molecule has 1 rings (SSSR count). The second-order valence-corrected chi connectivity index (χ2v) is 4.43. The summed E-state index contributed by atoms with van der Waals surface area (Å²) in [5, 5.41) is 13.6. The molecule has 0 amide bonds. The summed E-state index contributed by atoms with van der Waals surface area (Å²) in [6.07, 6.45) is 1.45. The van der Waals surface area contributed by atoms with Gasteiger partial charge in [-0.2, -0.15) is 0 Å². The SMILES string of the molecule is CCCOc1ccc(C(O)C(CC)NCC)cc1. The second-order valence-electron chi connectivity index (χ2n) is 4.43. The lowest BCUT2D eigenvalue weighted by Gasteiger charge is -2.22. The Morgan fingerprint density at radius 3 is 2.33 bits per heavy atom. The third-order valence-electron chi connectivity index (χ3n) is 2.98. The molecule has 0 fully saturated rings. The Labute approximate surface area is 110 Å². The summed E-state index contributed by atoms with van der Waals surface area (Å²) < 4.78 is 5.53. The van der Waals surface area contributed by atoms with Crippen LogP contribution in [-0.4, -0.2) is 24.3 Å². The van der Waals surface area contributed by atoms with Crippen molar-refractivity contribution in [2.24, 2.45) is 0 Å². The average molecular weight is 251 g/mol. The number of likely N-dealkylation sites (N-methyl/N-ethyl adjacent to an activating group) is 1. The molecule has 2 atom stereocenters. The van der Waals surface area contributed by atoms with E-state index in [-0.39, 0.29) is 6.04 Å². The first-order chi connectivity index (χ1) is 8.72. The molecule has 0 bridgehead atoms. The van der Waals surface area contributed by atoms with Gasteiger partial charge in [0.2, 0.25) is 0 Å². The molecule has 0 heterocycles. The summed E-state index contributed by atoms with van der Waals surface area (Å²) in [4.78, 5) is 0. The van der Waals surface area contributed by atoms with Crippen LogP contribution in [0.1, 0.15) is 45.3 Å².